The molecule has 56 valence electrons. The predicted octanol–water partition coefficient (Wildman–Crippen LogP) is -0.235. The summed E-state index contributed by atoms with van der Waals surface area (Å²) in [6.07, 6.45) is 5.36. The molecule has 0 unspecified atom stereocenters. The Hall–Kier alpha value is -1.29. The van der Waals surface area contributed by atoms with Crippen LogP contribution in [0.4, 0.5) is 0 Å². The lowest BCUT2D eigenvalue weighted by Crippen LogP contribution is -2.19. The van der Waals surface area contributed by atoms with Crippen LogP contribution in [0.2, 0.25) is 0 Å². The largest absolute Gasteiger partial charge is 0.324 e. The standard InChI is InChI=1S/C7H8N4/c8-3-6-10-4-5-1-2-9-7(5)11-6/h1-2,4,7H,3,8H2/t7-/m1/s1. The Kier molecular flexibility index (Phi) is 1.40. The number of aliphatic imine (C=N–C) groups is 3. The molecule has 4 nitrogen and oxygen atoms in total. The Morgan fingerprint density at radius 1 is 1.55 bits per heavy atom. The average Bonchev–Trinajstić information content (AvgIpc) is 2.50. The van der Waals surface area contributed by atoms with Gasteiger partial charge in [-0.3, -0.25) is 4.99 Å². The quantitative estimate of drug-likeness (QED) is 0.548. The van der Waals surface area contributed by atoms with Crippen molar-refractivity contribution in [2.24, 2.45) is 20.7 Å². The Morgan fingerprint density at radius 2 is 2.45 bits per heavy atom. The fraction of sp³-hybridized carbons (Fsp3) is 0.286. The fourth-order valence-electron chi connectivity index (χ4n) is 1.03. The third-order valence-corrected chi connectivity index (χ3v) is 1.61. The van der Waals surface area contributed by atoms with Gasteiger partial charge in [-0.25, -0.2) is 9.98 Å². The second-order valence-electron chi connectivity index (χ2n) is 2.35. The summed E-state index contributed by atoms with van der Waals surface area (Å²) in [7, 11) is 0. The van der Waals surface area contributed by atoms with Gasteiger partial charge in [-0.05, 0) is 6.08 Å². The first-order valence-electron chi connectivity index (χ1n) is 3.44. The number of hydrogen-bond acceptors (Lipinski definition) is 4. The van der Waals surface area contributed by atoms with Crippen molar-refractivity contribution in [1.29, 1.82) is 0 Å². The first kappa shape index (κ1) is 6.42. The molecule has 0 aromatic rings. The van der Waals surface area contributed by atoms with Crippen LogP contribution in [0.5, 0.6) is 0 Å². The summed E-state index contributed by atoms with van der Waals surface area (Å²) < 4.78 is 0. The van der Waals surface area contributed by atoms with Crippen LogP contribution in [0, 0.1) is 0 Å². The second kappa shape index (κ2) is 2.39. The van der Waals surface area contributed by atoms with Gasteiger partial charge in [-0.15, -0.1) is 0 Å². The molecule has 0 aromatic carbocycles. The zero-order valence-corrected chi connectivity index (χ0v) is 5.94. The van der Waals surface area contributed by atoms with Crippen LogP contribution in [-0.2, 0) is 0 Å². The van der Waals surface area contributed by atoms with E-state index in [1.807, 2.05) is 6.08 Å². The first-order chi connectivity index (χ1) is 5.40. The minimum atomic E-state index is -0.0638. The van der Waals surface area contributed by atoms with Crippen molar-refractivity contribution >= 4 is 18.3 Å². The number of nitrogens with zero attached hydrogens (tertiary/aromatic N) is 3. The molecule has 1 atom stereocenters. The summed E-state index contributed by atoms with van der Waals surface area (Å²) in [6.45, 7) is 0.385. The number of hydrogen-bond donors (Lipinski definition) is 1. The molecule has 0 bridgehead atoms. The smallest absolute Gasteiger partial charge is 0.168 e. The van der Waals surface area contributed by atoms with E-state index in [4.69, 9.17) is 5.73 Å². The third-order valence-electron chi connectivity index (χ3n) is 1.61. The van der Waals surface area contributed by atoms with Crippen LogP contribution in [-0.4, -0.2) is 31.0 Å². The van der Waals surface area contributed by atoms with E-state index >= 15 is 0 Å². The first-order valence-corrected chi connectivity index (χ1v) is 3.44. The second-order valence-corrected chi connectivity index (χ2v) is 2.35. The number of allylic oxidation sites excluding steroid dienone is 1. The normalized spacial score (nSPS) is 26.5. The lowest BCUT2D eigenvalue weighted by Gasteiger charge is -2.09. The van der Waals surface area contributed by atoms with Gasteiger partial charge >= 0.3 is 0 Å². The molecule has 2 rings (SSSR count). The maximum atomic E-state index is 5.37. The molecule has 0 spiro atoms. The Labute approximate surface area is 64.3 Å². The minimum Gasteiger partial charge on any atom is -0.324 e. The molecule has 4 heteroatoms. The van der Waals surface area contributed by atoms with E-state index in [0.717, 1.165) is 5.57 Å². The number of amidine groups is 1. The predicted molar refractivity (Wildman–Crippen MR) is 45.3 cm³/mol. The van der Waals surface area contributed by atoms with E-state index in [-0.39, 0.29) is 6.17 Å². The van der Waals surface area contributed by atoms with Crippen LogP contribution in [0.15, 0.2) is 26.6 Å². The van der Waals surface area contributed by atoms with Gasteiger partial charge < -0.3 is 5.73 Å². The molecule has 11 heavy (non-hydrogen) atoms. The fourth-order valence-corrected chi connectivity index (χ4v) is 1.03. The van der Waals surface area contributed by atoms with Crippen molar-refractivity contribution in [3.8, 4) is 0 Å². The maximum Gasteiger partial charge on any atom is 0.168 e. The summed E-state index contributed by atoms with van der Waals surface area (Å²) in [5, 5.41) is 0. The summed E-state index contributed by atoms with van der Waals surface area (Å²) >= 11 is 0. The molecule has 0 fully saturated rings. The Bertz CT molecular complexity index is 285. The molecule has 2 aliphatic heterocycles. The Morgan fingerprint density at radius 3 is 3.27 bits per heavy atom. The van der Waals surface area contributed by atoms with Crippen molar-refractivity contribution in [1.82, 2.24) is 0 Å². The van der Waals surface area contributed by atoms with Gasteiger partial charge in [-0.2, -0.15) is 0 Å². The minimum absolute atomic E-state index is 0.0638. The van der Waals surface area contributed by atoms with E-state index in [2.05, 4.69) is 15.0 Å². The summed E-state index contributed by atoms with van der Waals surface area (Å²) in [4.78, 5) is 12.3. The maximum absolute atomic E-state index is 5.37. The molecule has 2 heterocycles. The highest BCUT2D eigenvalue weighted by Crippen LogP contribution is 2.14. The van der Waals surface area contributed by atoms with Crippen molar-refractivity contribution in [3.05, 3.63) is 11.6 Å². The summed E-state index contributed by atoms with van der Waals surface area (Å²) in [5.41, 5.74) is 6.41. The van der Waals surface area contributed by atoms with Gasteiger partial charge in [-0.1, -0.05) is 0 Å². The van der Waals surface area contributed by atoms with Gasteiger partial charge in [0.2, 0.25) is 0 Å². The van der Waals surface area contributed by atoms with Gasteiger partial charge in [0.15, 0.2) is 6.17 Å². The highest BCUT2D eigenvalue weighted by molar-refractivity contribution is 6.02. The average molecular weight is 148 g/mol. The molecule has 0 aromatic heterocycles. The molecule has 0 radical (unpaired) electrons. The van der Waals surface area contributed by atoms with E-state index in [0.29, 0.717) is 12.4 Å². The van der Waals surface area contributed by atoms with E-state index in [9.17, 15) is 0 Å². The van der Waals surface area contributed by atoms with Gasteiger partial charge in [0.05, 0.1) is 6.54 Å². The van der Waals surface area contributed by atoms with Crippen LogP contribution in [0.1, 0.15) is 0 Å². The van der Waals surface area contributed by atoms with Crippen molar-refractivity contribution < 1.29 is 0 Å². The lowest BCUT2D eigenvalue weighted by atomic mass is 10.2. The molecule has 0 saturated carbocycles. The van der Waals surface area contributed by atoms with Gasteiger partial charge in [0, 0.05) is 18.0 Å². The molecular formula is C7H8N4. The molecular weight excluding hydrogens is 140 g/mol. The van der Waals surface area contributed by atoms with E-state index in [1.165, 1.54) is 0 Å². The monoisotopic (exact) mass is 148 g/mol. The zero-order chi connectivity index (χ0) is 7.68. The molecule has 0 saturated heterocycles. The lowest BCUT2D eigenvalue weighted by molar-refractivity contribution is 0.861. The molecule has 2 aliphatic rings. The molecule has 0 amide bonds. The highest BCUT2D eigenvalue weighted by Gasteiger charge is 2.16. The number of nitrogens with two attached hydrogens (primary N) is 1. The van der Waals surface area contributed by atoms with E-state index < -0.39 is 0 Å². The Balaban J connectivity index is 2.29. The van der Waals surface area contributed by atoms with Gasteiger partial charge in [0.1, 0.15) is 5.84 Å². The van der Waals surface area contributed by atoms with Crippen LogP contribution < -0.4 is 5.73 Å². The third kappa shape index (κ3) is 1.01. The van der Waals surface area contributed by atoms with Crippen LogP contribution in [0.3, 0.4) is 0 Å². The van der Waals surface area contributed by atoms with E-state index in [1.54, 1.807) is 12.4 Å². The summed E-state index contributed by atoms with van der Waals surface area (Å²) in [6, 6.07) is 0. The van der Waals surface area contributed by atoms with Crippen molar-refractivity contribution in [2.75, 3.05) is 6.54 Å². The number of fused-ring (bicyclic) bond motifs is 1. The SMILES string of the molecule is NCC1=N[C@H]2N=CC=C2C=N1. The van der Waals surface area contributed by atoms with Crippen molar-refractivity contribution in [2.45, 2.75) is 6.17 Å². The molecule has 0 aliphatic carbocycles. The topological polar surface area (TPSA) is 63.1 Å². The summed E-state index contributed by atoms with van der Waals surface area (Å²) in [5.74, 6) is 0.672. The molecule has 2 N–H and O–H groups in total. The number of rotatable bonds is 1. The highest BCUT2D eigenvalue weighted by atomic mass is 15.1. The zero-order valence-electron chi connectivity index (χ0n) is 5.94. The van der Waals surface area contributed by atoms with Crippen molar-refractivity contribution in [3.63, 3.8) is 0 Å². The van der Waals surface area contributed by atoms with Crippen LogP contribution >= 0.6 is 0 Å². The van der Waals surface area contributed by atoms with Crippen LogP contribution in [0.25, 0.3) is 0 Å². The van der Waals surface area contributed by atoms with Gasteiger partial charge in [0.25, 0.3) is 0 Å².